The molecule has 0 N–H and O–H groups in total. The molecule has 0 radical (unpaired) electrons. The monoisotopic (exact) mass is 535 g/mol. The van der Waals surface area contributed by atoms with Gasteiger partial charge in [-0.3, -0.25) is 9.88 Å². The molecule has 0 bridgehead atoms. The molecule has 0 aromatic carbocycles. The van der Waals surface area contributed by atoms with Crippen molar-refractivity contribution in [1.82, 2.24) is 14.9 Å². The van der Waals surface area contributed by atoms with Gasteiger partial charge >= 0.3 is 6.16 Å². The highest BCUT2D eigenvalue weighted by Gasteiger charge is 2.57. The van der Waals surface area contributed by atoms with E-state index >= 15 is 0 Å². The molecule has 1 saturated heterocycles. The van der Waals surface area contributed by atoms with Crippen LogP contribution in [0.15, 0.2) is 42.3 Å². The number of aromatic nitrogens is 1. The van der Waals surface area contributed by atoms with Gasteiger partial charge in [0.2, 0.25) is 0 Å². The Morgan fingerprint density at radius 1 is 1.15 bits per heavy atom. The maximum absolute atomic E-state index is 12.4. The van der Waals surface area contributed by atoms with E-state index < -0.39 is 6.16 Å². The van der Waals surface area contributed by atoms with E-state index in [0.717, 1.165) is 69.9 Å². The molecule has 0 spiro atoms. The number of likely N-dealkylation sites (N-methyl/N-ethyl adjacent to an activating group) is 1. The highest BCUT2D eigenvalue weighted by molar-refractivity contribution is 5.72. The zero-order valence-corrected chi connectivity index (χ0v) is 23.9. The van der Waals surface area contributed by atoms with Gasteiger partial charge in [-0.15, -0.1) is 5.06 Å². The van der Waals surface area contributed by atoms with Crippen molar-refractivity contribution in [3.8, 4) is 0 Å². The normalized spacial score (nSPS) is 36.3. The molecule has 0 amide bonds. The molecule has 5 aliphatic rings. The summed E-state index contributed by atoms with van der Waals surface area (Å²) in [5.41, 5.74) is 4.93. The van der Waals surface area contributed by atoms with Crippen molar-refractivity contribution in [2.45, 2.75) is 64.8 Å². The van der Waals surface area contributed by atoms with Gasteiger partial charge in [-0.05, 0) is 90.7 Å². The van der Waals surface area contributed by atoms with Crippen LogP contribution in [0.25, 0.3) is 5.57 Å². The minimum Gasteiger partial charge on any atom is -0.432 e. The van der Waals surface area contributed by atoms with Crippen LogP contribution >= 0.6 is 0 Å². The summed E-state index contributed by atoms with van der Waals surface area (Å²) in [5.74, 6) is 2.22. The highest BCUT2D eigenvalue weighted by Crippen LogP contribution is 2.66. The van der Waals surface area contributed by atoms with E-state index in [-0.39, 0.29) is 16.9 Å². The van der Waals surface area contributed by atoms with Gasteiger partial charge in [0, 0.05) is 39.1 Å². The molecule has 1 aromatic heterocycles. The second kappa shape index (κ2) is 11.0. The summed E-state index contributed by atoms with van der Waals surface area (Å²) >= 11 is 0. The summed E-state index contributed by atoms with van der Waals surface area (Å²) < 4.78 is 10.8. The van der Waals surface area contributed by atoms with Crippen LogP contribution in [0.3, 0.4) is 0 Å². The standard InChI is InChI=1S/C32H45N3O4/c1-31-12-10-25(34(3)39-30(36)38-20-17-35-15-18-37-19-16-35)21-24(31)6-7-26-28-9-8-27(23-5-4-14-33-22-23)32(28,2)13-11-29(26)31/h4-5,8,14,21-22,25-26,28-29H,6-7,9-13,15-20H2,1-3H3/t25?,26-,28+,29+,31+,32-/m1/s1. The molecule has 3 fully saturated rings. The van der Waals surface area contributed by atoms with Crippen molar-refractivity contribution in [2.75, 3.05) is 46.5 Å². The third-order valence-electron chi connectivity index (χ3n) is 11.1. The quantitative estimate of drug-likeness (QED) is 0.262. The second-order valence-corrected chi connectivity index (χ2v) is 12.9. The average Bonchev–Trinajstić information content (AvgIpc) is 3.31. The minimum atomic E-state index is -0.606. The summed E-state index contributed by atoms with van der Waals surface area (Å²) in [6, 6.07) is 4.42. The molecule has 6 atom stereocenters. The molecule has 6 rings (SSSR count). The van der Waals surface area contributed by atoms with Crippen LogP contribution < -0.4 is 0 Å². The third-order valence-corrected chi connectivity index (χ3v) is 11.1. The molecule has 39 heavy (non-hydrogen) atoms. The Morgan fingerprint density at radius 3 is 2.77 bits per heavy atom. The van der Waals surface area contributed by atoms with E-state index in [4.69, 9.17) is 14.3 Å². The largest absolute Gasteiger partial charge is 0.527 e. The highest BCUT2D eigenvalue weighted by atomic mass is 16.8. The first-order valence-corrected chi connectivity index (χ1v) is 15.1. The lowest BCUT2D eigenvalue weighted by Crippen LogP contribution is -2.51. The maximum atomic E-state index is 12.4. The lowest BCUT2D eigenvalue weighted by Gasteiger charge is -2.58. The molecule has 7 nitrogen and oxygen atoms in total. The number of pyridine rings is 1. The summed E-state index contributed by atoms with van der Waals surface area (Å²) in [4.78, 5) is 24.6. The molecular formula is C32H45N3O4. The third kappa shape index (κ3) is 5.07. The van der Waals surface area contributed by atoms with Gasteiger partial charge in [0.05, 0.1) is 19.3 Å². The fourth-order valence-corrected chi connectivity index (χ4v) is 8.83. The number of hydrogen-bond donors (Lipinski definition) is 0. The van der Waals surface area contributed by atoms with Crippen LogP contribution in [0, 0.1) is 28.6 Å². The number of morpholine rings is 1. The molecule has 2 saturated carbocycles. The Morgan fingerprint density at radius 2 is 1.97 bits per heavy atom. The predicted molar refractivity (Wildman–Crippen MR) is 151 cm³/mol. The number of carbonyl (C=O) groups is 1. The van der Waals surface area contributed by atoms with Gasteiger partial charge < -0.3 is 14.3 Å². The van der Waals surface area contributed by atoms with Gasteiger partial charge in [-0.2, -0.15) is 0 Å². The number of rotatable bonds is 6. The minimum absolute atomic E-state index is 0.107. The first-order chi connectivity index (χ1) is 18.9. The number of fused-ring (bicyclic) bond motifs is 5. The molecule has 4 aliphatic carbocycles. The summed E-state index contributed by atoms with van der Waals surface area (Å²) in [5, 5.41) is 1.72. The molecule has 1 aliphatic heterocycles. The Balaban J connectivity index is 1.07. The van der Waals surface area contributed by atoms with E-state index in [0.29, 0.717) is 6.61 Å². The molecule has 2 heterocycles. The number of hydroxylamine groups is 2. The summed E-state index contributed by atoms with van der Waals surface area (Å²) in [6.45, 7) is 9.37. The maximum Gasteiger partial charge on any atom is 0.527 e. The van der Waals surface area contributed by atoms with Crippen molar-refractivity contribution >= 4 is 11.7 Å². The van der Waals surface area contributed by atoms with Gasteiger partial charge in [-0.1, -0.05) is 37.6 Å². The number of ether oxygens (including phenoxy) is 2. The predicted octanol–water partition coefficient (Wildman–Crippen LogP) is 5.74. The first-order valence-electron chi connectivity index (χ1n) is 15.1. The molecule has 7 heteroatoms. The van der Waals surface area contributed by atoms with Gasteiger partial charge in [0.15, 0.2) is 0 Å². The van der Waals surface area contributed by atoms with Crippen LogP contribution in [0.5, 0.6) is 0 Å². The van der Waals surface area contributed by atoms with Crippen molar-refractivity contribution < 1.29 is 19.1 Å². The SMILES string of the molecule is CN(OC(=O)OCCN1CCOCC1)C1C=C2CC[C@H]3[C@H](CC[C@]4(C)C(c5cccnc5)=CC[C@@H]34)[C@@]2(C)CC1. The number of allylic oxidation sites excluding steroid dienone is 3. The molecule has 1 aromatic rings. The lowest BCUT2D eigenvalue weighted by atomic mass is 9.46. The second-order valence-electron chi connectivity index (χ2n) is 12.9. The number of hydrogen-bond acceptors (Lipinski definition) is 7. The number of nitrogens with zero attached hydrogens (tertiary/aromatic N) is 3. The van der Waals surface area contributed by atoms with Crippen molar-refractivity contribution in [1.29, 1.82) is 0 Å². The fourth-order valence-electron chi connectivity index (χ4n) is 8.83. The Kier molecular flexibility index (Phi) is 7.60. The van der Waals surface area contributed by atoms with Gasteiger partial charge in [-0.25, -0.2) is 4.79 Å². The van der Waals surface area contributed by atoms with Gasteiger partial charge in [0.1, 0.15) is 6.61 Å². The van der Waals surface area contributed by atoms with E-state index in [2.05, 4.69) is 48.0 Å². The average molecular weight is 536 g/mol. The molecule has 212 valence electrons. The van der Waals surface area contributed by atoms with Crippen molar-refractivity contribution in [3.05, 3.63) is 47.8 Å². The topological polar surface area (TPSA) is 64.1 Å². The Labute approximate surface area is 233 Å². The summed E-state index contributed by atoms with van der Waals surface area (Å²) in [7, 11) is 1.87. The van der Waals surface area contributed by atoms with Crippen LogP contribution in [-0.4, -0.2) is 73.6 Å². The van der Waals surface area contributed by atoms with Gasteiger partial charge in [0.25, 0.3) is 0 Å². The van der Waals surface area contributed by atoms with Crippen LogP contribution in [0.2, 0.25) is 0 Å². The Hall–Kier alpha value is -2.22. The van der Waals surface area contributed by atoms with Crippen molar-refractivity contribution in [3.63, 3.8) is 0 Å². The Bertz CT molecular complexity index is 1100. The van der Waals surface area contributed by atoms with E-state index in [9.17, 15) is 4.79 Å². The zero-order valence-electron chi connectivity index (χ0n) is 23.9. The fraction of sp³-hybridized carbons (Fsp3) is 0.688. The number of carbonyl (C=O) groups excluding carboxylic acids is 1. The van der Waals surface area contributed by atoms with Crippen LogP contribution in [-0.2, 0) is 14.3 Å². The van der Waals surface area contributed by atoms with E-state index in [1.165, 1.54) is 36.8 Å². The zero-order chi connectivity index (χ0) is 27.0. The van der Waals surface area contributed by atoms with E-state index in [1.54, 1.807) is 10.6 Å². The first kappa shape index (κ1) is 27.0. The van der Waals surface area contributed by atoms with E-state index in [1.807, 2.05) is 19.4 Å². The van der Waals surface area contributed by atoms with Crippen LogP contribution in [0.4, 0.5) is 4.79 Å². The lowest BCUT2D eigenvalue weighted by molar-refractivity contribution is -0.134. The summed E-state index contributed by atoms with van der Waals surface area (Å²) in [6.07, 6.45) is 16.6. The van der Waals surface area contributed by atoms with Crippen molar-refractivity contribution in [2.24, 2.45) is 28.6 Å². The molecule has 1 unspecified atom stereocenters. The van der Waals surface area contributed by atoms with Crippen LogP contribution in [0.1, 0.15) is 64.4 Å². The smallest absolute Gasteiger partial charge is 0.432 e. The molecular weight excluding hydrogens is 490 g/mol.